The molecule has 1 aromatic heterocycles. The normalized spacial score (nSPS) is 20.2. The molecule has 0 aliphatic carbocycles. The van der Waals surface area contributed by atoms with Crippen molar-refractivity contribution in [2.75, 3.05) is 24.3 Å². The summed E-state index contributed by atoms with van der Waals surface area (Å²) in [6.45, 7) is 0. The molecule has 1 fully saturated rings. The van der Waals surface area contributed by atoms with Crippen molar-refractivity contribution in [3.8, 4) is 5.75 Å². The van der Waals surface area contributed by atoms with Gasteiger partial charge >= 0.3 is 0 Å². The van der Waals surface area contributed by atoms with E-state index >= 15 is 0 Å². The minimum atomic E-state index is 0.459. The molecule has 1 aromatic carbocycles. The van der Waals surface area contributed by atoms with Crippen LogP contribution in [0.15, 0.2) is 18.2 Å². The van der Waals surface area contributed by atoms with Crippen LogP contribution in [-0.2, 0) is 0 Å². The molecule has 96 valence electrons. The predicted octanol–water partition coefficient (Wildman–Crippen LogP) is 2.70. The fraction of sp³-hybridized carbons (Fsp3) is 0.462. The van der Waals surface area contributed by atoms with Crippen LogP contribution in [0, 0.1) is 0 Å². The van der Waals surface area contributed by atoms with Crippen molar-refractivity contribution < 1.29 is 4.74 Å². The summed E-state index contributed by atoms with van der Waals surface area (Å²) in [5.41, 5.74) is 8.11. The van der Waals surface area contributed by atoms with Gasteiger partial charge in [0.25, 0.3) is 0 Å². The molecule has 0 bridgehead atoms. The highest BCUT2D eigenvalue weighted by Gasteiger charge is 2.20. The topological polar surface area (TPSA) is 53.1 Å². The number of fused-ring (bicyclic) bond motifs is 1. The van der Waals surface area contributed by atoms with Crippen molar-refractivity contribution in [2.24, 2.45) is 0 Å². The number of imidazole rings is 1. The van der Waals surface area contributed by atoms with Crippen molar-refractivity contribution in [1.29, 1.82) is 0 Å². The van der Waals surface area contributed by atoms with Gasteiger partial charge in [0.1, 0.15) is 5.75 Å². The molecule has 2 aromatic rings. The number of aromatic nitrogens is 2. The minimum Gasteiger partial charge on any atom is -0.497 e. The van der Waals surface area contributed by atoms with Crippen LogP contribution in [-0.4, -0.2) is 28.2 Å². The van der Waals surface area contributed by atoms with Gasteiger partial charge in [0.2, 0.25) is 5.95 Å². The number of hydrogen-bond acceptors (Lipinski definition) is 4. The lowest BCUT2D eigenvalue weighted by Gasteiger charge is -2.24. The van der Waals surface area contributed by atoms with Crippen molar-refractivity contribution in [3.05, 3.63) is 18.2 Å². The Morgan fingerprint density at radius 3 is 3.11 bits per heavy atom. The van der Waals surface area contributed by atoms with Gasteiger partial charge < -0.3 is 15.0 Å². The fourth-order valence-electron chi connectivity index (χ4n) is 2.53. The number of nitrogens with zero attached hydrogens (tertiary/aromatic N) is 2. The second-order valence-electron chi connectivity index (χ2n) is 4.57. The first-order valence-corrected chi connectivity index (χ1v) is 7.34. The van der Waals surface area contributed by atoms with Crippen LogP contribution in [0.2, 0.25) is 0 Å². The maximum absolute atomic E-state index is 6.08. The molecule has 1 unspecified atom stereocenters. The third kappa shape index (κ3) is 1.92. The summed E-state index contributed by atoms with van der Waals surface area (Å²) in [5, 5.41) is 0. The number of ether oxygens (including phenoxy) is 1. The van der Waals surface area contributed by atoms with Crippen molar-refractivity contribution in [1.82, 2.24) is 9.55 Å². The van der Waals surface area contributed by atoms with E-state index in [2.05, 4.69) is 9.55 Å². The van der Waals surface area contributed by atoms with E-state index in [0.717, 1.165) is 22.5 Å². The Morgan fingerprint density at radius 1 is 1.50 bits per heavy atom. The summed E-state index contributed by atoms with van der Waals surface area (Å²) in [5.74, 6) is 3.84. The number of methoxy groups -OCH3 is 1. The van der Waals surface area contributed by atoms with E-state index < -0.39 is 0 Å². The van der Waals surface area contributed by atoms with Crippen LogP contribution >= 0.6 is 11.8 Å². The molecule has 18 heavy (non-hydrogen) atoms. The number of thioether (sulfide) groups is 1. The molecule has 1 aliphatic heterocycles. The zero-order chi connectivity index (χ0) is 12.5. The van der Waals surface area contributed by atoms with Gasteiger partial charge in [-0.15, -0.1) is 0 Å². The van der Waals surface area contributed by atoms with Gasteiger partial charge in [-0.25, -0.2) is 4.98 Å². The number of rotatable bonds is 2. The lowest BCUT2D eigenvalue weighted by Crippen LogP contribution is -2.17. The van der Waals surface area contributed by atoms with Crippen molar-refractivity contribution >= 4 is 28.7 Å². The van der Waals surface area contributed by atoms with E-state index in [-0.39, 0.29) is 0 Å². The molecule has 1 aliphatic rings. The molecule has 0 amide bonds. The van der Waals surface area contributed by atoms with E-state index in [9.17, 15) is 0 Å². The van der Waals surface area contributed by atoms with Crippen LogP contribution in [0.3, 0.4) is 0 Å². The monoisotopic (exact) mass is 263 g/mol. The first-order valence-electron chi connectivity index (χ1n) is 6.19. The number of hydrogen-bond donors (Lipinski definition) is 1. The van der Waals surface area contributed by atoms with Gasteiger partial charge in [0, 0.05) is 17.9 Å². The van der Waals surface area contributed by atoms with Gasteiger partial charge in [-0.2, -0.15) is 11.8 Å². The van der Waals surface area contributed by atoms with Gasteiger partial charge in [-0.05, 0) is 30.7 Å². The average molecular weight is 263 g/mol. The van der Waals surface area contributed by atoms with Gasteiger partial charge in [0.05, 0.1) is 18.1 Å². The molecule has 5 heteroatoms. The Morgan fingerprint density at radius 2 is 2.39 bits per heavy atom. The Bertz CT molecular complexity index is 561. The number of anilines is 1. The third-order valence-electron chi connectivity index (χ3n) is 3.43. The highest BCUT2D eigenvalue weighted by Crippen LogP contribution is 2.33. The minimum absolute atomic E-state index is 0.459. The SMILES string of the molecule is COc1ccc2nc(N)n(C3CCCSC3)c2c1. The molecule has 2 N–H and O–H groups in total. The summed E-state index contributed by atoms with van der Waals surface area (Å²) < 4.78 is 7.46. The lowest BCUT2D eigenvalue weighted by atomic mass is 10.1. The van der Waals surface area contributed by atoms with Crippen LogP contribution in [0.25, 0.3) is 11.0 Å². The molecular weight excluding hydrogens is 246 g/mol. The molecule has 3 rings (SSSR count). The maximum Gasteiger partial charge on any atom is 0.201 e. The standard InChI is InChI=1S/C13H17N3OS/c1-17-10-4-5-11-12(7-10)16(13(14)15-11)9-3-2-6-18-8-9/h4-5,7,9H,2-3,6,8H2,1H3,(H2,14,15). The Kier molecular flexibility index (Phi) is 3.07. The quantitative estimate of drug-likeness (QED) is 0.905. The van der Waals surface area contributed by atoms with Gasteiger partial charge in [-0.1, -0.05) is 0 Å². The molecule has 1 atom stereocenters. The Labute approximate surface area is 111 Å². The number of benzene rings is 1. The molecule has 0 saturated carbocycles. The van der Waals surface area contributed by atoms with E-state index in [1.165, 1.54) is 18.6 Å². The Hall–Kier alpha value is -1.36. The second kappa shape index (κ2) is 4.72. The van der Waals surface area contributed by atoms with Gasteiger partial charge in [-0.3, -0.25) is 0 Å². The summed E-state index contributed by atoms with van der Waals surface area (Å²) in [7, 11) is 1.68. The number of nitrogen functional groups attached to an aromatic ring is 1. The van der Waals surface area contributed by atoms with Crippen molar-refractivity contribution in [2.45, 2.75) is 18.9 Å². The number of nitrogens with two attached hydrogens (primary N) is 1. The third-order valence-corrected chi connectivity index (χ3v) is 4.62. The molecule has 4 nitrogen and oxygen atoms in total. The van der Waals surface area contributed by atoms with Crippen LogP contribution < -0.4 is 10.5 Å². The average Bonchev–Trinajstić information content (AvgIpc) is 2.74. The highest BCUT2D eigenvalue weighted by atomic mass is 32.2. The van der Waals surface area contributed by atoms with Crippen LogP contribution in [0.1, 0.15) is 18.9 Å². The zero-order valence-electron chi connectivity index (χ0n) is 10.4. The first kappa shape index (κ1) is 11.7. The summed E-state index contributed by atoms with van der Waals surface area (Å²) >= 11 is 1.99. The summed E-state index contributed by atoms with van der Waals surface area (Å²) in [6.07, 6.45) is 2.43. The predicted molar refractivity (Wildman–Crippen MR) is 76.3 cm³/mol. The fourth-order valence-corrected chi connectivity index (χ4v) is 3.65. The van der Waals surface area contributed by atoms with E-state index in [4.69, 9.17) is 10.5 Å². The first-order chi connectivity index (χ1) is 8.79. The zero-order valence-corrected chi connectivity index (χ0v) is 11.2. The summed E-state index contributed by atoms with van der Waals surface area (Å²) in [6, 6.07) is 6.38. The highest BCUT2D eigenvalue weighted by molar-refractivity contribution is 7.99. The molecular formula is C13H17N3OS. The second-order valence-corrected chi connectivity index (χ2v) is 5.72. The maximum atomic E-state index is 6.08. The lowest BCUT2D eigenvalue weighted by molar-refractivity contribution is 0.415. The van der Waals surface area contributed by atoms with E-state index in [1.54, 1.807) is 7.11 Å². The summed E-state index contributed by atoms with van der Waals surface area (Å²) in [4.78, 5) is 4.44. The molecule has 2 heterocycles. The van der Waals surface area contributed by atoms with E-state index in [1.807, 2.05) is 30.0 Å². The Balaban J connectivity index is 2.10. The van der Waals surface area contributed by atoms with Crippen LogP contribution in [0.4, 0.5) is 5.95 Å². The molecule has 0 spiro atoms. The largest absolute Gasteiger partial charge is 0.497 e. The van der Waals surface area contributed by atoms with Crippen molar-refractivity contribution in [3.63, 3.8) is 0 Å². The molecule has 1 saturated heterocycles. The van der Waals surface area contributed by atoms with E-state index in [0.29, 0.717) is 12.0 Å². The van der Waals surface area contributed by atoms with Gasteiger partial charge in [0.15, 0.2) is 0 Å². The molecule has 0 radical (unpaired) electrons. The smallest absolute Gasteiger partial charge is 0.201 e. The van der Waals surface area contributed by atoms with Crippen LogP contribution in [0.5, 0.6) is 5.75 Å².